The van der Waals surface area contributed by atoms with Gasteiger partial charge in [0.1, 0.15) is 5.82 Å². The molecule has 1 aliphatic carbocycles. The van der Waals surface area contributed by atoms with Crippen LogP contribution in [0.1, 0.15) is 35.1 Å². The summed E-state index contributed by atoms with van der Waals surface area (Å²) in [5, 5.41) is 11.6. The molecule has 6 nitrogen and oxygen atoms in total. The lowest BCUT2D eigenvalue weighted by Crippen LogP contribution is -2.16. The van der Waals surface area contributed by atoms with Crippen molar-refractivity contribution >= 4 is 11.7 Å². The Morgan fingerprint density at radius 3 is 3.00 bits per heavy atom. The van der Waals surface area contributed by atoms with E-state index in [1.165, 1.54) is 5.56 Å². The first-order valence-corrected chi connectivity index (χ1v) is 6.58. The molecule has 0 saturated carbocycles. The van der Waals surface area contributed by atoms with Gasteiger partial charge in [-0.05, 0) is 32.3 Å². The average Bonchev–Trinajstić information content (AvgIpc) is 3.07. The molecule has 19 heavy (non-hydrogen) atoms. The van der Waals surface area contributed by atoms with Crippen LogP contribution in [0.2, 0.25) is 0 Å². The number of carbonyl (C=O) groups excluding carboxylic acids is 1. The van der Waals surface area contributed by atoms with Crippen molar-refractivity contribution in [3.8, 4) is 0 Å². The van der Waals surface area contributed by atoms with Crippen molar-refractivity contribution in [2.75, 3.05) is 5.32 Å². The number of amides is 1. The molecule has 2 aromatic rings. The van der Waals surface area contributed by atoms with E-state index in [9.17, 15) is 4.79 Å². The van der Waals surface area contributed by atoms with E-state index in [1.807, 2.05) is 20.2 Å². The highest BCUT2D eigenvalue weighted by Crippen LogP contribution is 2.28. The van der Waals surface area contributed by atoms with Crippen LogP contribution in [0.4, 0.5) is 5.82 Å². The molecule has 0 aromatic carbocycles. The van der Waals surface area contributed by atoms with Crippen molar-refractivity contribution in [2.45, 2.75) is 32.7 Å². The molecule has 0 radical (unpaired) electrons. The Bertz CT molecular complexity index is 625. The summed E-state index contributed by atoms with van der Waals surface area (Å²) in [6, 6.07) is 1.73. The summed E-state index contributed by atoms with van der Waals surface area (Å²) >= 11 is 0. The molecule has 0 bridgehead atoms. The molecule has 0 aliphatic heterocycles. The summed E-state index contributed by atoms with van der Waals surface area (Å²) in [6.45, 7) is 2.75. The third kappa shape index (κ3) is 2.03. The Hall–Kier alpha value is -2.11. The summed E-state index contributed by atoms with van der Waals surface area (Å²) < 4.78 is 3.49. The molecule has 2 aromatic heterocycles. The highest BCUT2D eigenvalue weighted by Gasteiger charge is 2.22. The average molecular weight is 259 g/mol. The Balaban J connectivity index is 1.83. The van der Waals surface area contributed by atoms with E-state index in [0.29, 0.717) is 5.69 Å². The molecule has 6 heteroatoms. The molecule has 100 valence electrons. The number of aryl methyl sites for hydroxylation is 3. The van der Waals surface area contributed by atoms with Gasteiger partial charge in [0, 0.05) is 25.4 Å². The Labute approximate surface area is 111 Å². The van der Waals surface area contributed by atoms with Gasteiger partial charge in [0.25, 0.3) is 5.91 Å². The van der Waals surface area contributed by atoms with Gasteiger partial charge in [-0.25, -0.2) is 0 Å². The lowest BCUT2D eigenvalue weighted by Gasteiger charge is -2.05. The number of aromatic nitrogens is 4. The maximum absolute atomic E-state index is 12.2. The number of carbonyl (C=O) groups is 1. The van der Waals surface area contributed by atoms with Crippen LogP contribution in [0.25, 0.3) is 0 Å². The van der Waals surface area contributed by atoms with Gasteiger partial charge in [-0.2, -0.15) is 10.2 Å². The lowest BCUT2D eigenvalue weighted by atomic mass is 10.2. The van der Waals surface area contributed by atoms with E-state index in [2.05, 4.69) is 15.5 Å². The van der Waals surface area contributed by atoms with Gasteiger partial charge in [0.05, 0.1) is 5.69 Å². The zero-order chi connectivity index (χ0) is 13.4. The first kappa shape index (κ1) is 12.0. The fourth-order valence-corrected chi connectivity index (χ4v) is 2.51. The van der Waals surface area contributed by atoms with Crippen LogP contribution < -0.4 is 5.32 Å². The molecule has 0 unspecified atom stereocenters. The van der Waals surface area contributed by atoms with Crippen molar-refractivity contribution in [3.63, 3.8) is 0 Å². The highest BCUT2D eigenvalue weighted by atomic mass is 16.2. The van der Waals surface area contributed by atoms with Crippen LogP contribution in [0.3, 0.4) is 0 Å². The minimum absolute atomic E-state index is 0.176. The fraction of sp³-hybridized carbons (Fsp3) is 0.462. The quantitative estimate of drug-likeness (QED) is 0.905. The maximum Gasteiger partial charge on any atom is 0.277 e. The van der Waals surface area contributed by atoms with Crippen LogP contribution in [0, 0.1) is 0 Å². The van der Waals surface area contributed by atoms with Crippen LogP contribution in [-0.2, 0) is 26.4 Å². The van der Waals surface area contributed by atoms with Crippen LogP contribution in [0.15, 0.2) is 12.3 Å². The van der Waals surface area contributed by atoms with E-state index in [-0.39, 0.29) is 5.91 Å². The molecular weight excluding hydrogens is 242 g/mol. The van der Waals surface area contributed by atoms with E-state index < -0.39 is 0 Å². The van der Waals surface area contributed by atoms with Gasteiger partial charge >= 0.3 is 0 Å². The first-order chi connectivity index (χ1) is 9.19. The molecule has 0 atom stereocenters. The van der Waals surface area contributed by atoms with Crippen LogP contribution in [0.5, 0.6) is 0 Å². The third-order valence-corrected chi connectivity index (χ3v) is 3.50. The van der Waals surface area contributed by atoms with Gasteiger partial charge in [0.2, 0.25) is 0 Å². The minimum atomic E-state index is -0.176. The molecule has 0 saturated heterocycles. The fourth-order valence-electron chi connectivity index (χ4n) is 2.51. The number of fused-ring (bicyclic) bond motifs is 1. The predicted molar refractivity (Wildman–Crippen MR) is 71.1 cm³/mol. The van der Waals surface area contributed by atoms with E-state index in [4.69, 9.17) is 0 Å². The van der Waals surface area contributed by atoms with E-state index in [0.717, 1.165) is 37.3 Å². The molecule has 1 amide bonds. The van der Waals surface area contributed by atoms with Crippen LogP contribution >= 0.6 is 0 Å². The van der Waals surface area contributed by atoms with Crippen LogP contribution in [-0.4, -0.2) is 25.5 Å². The molecular formula is C13H17N5O. The first-order valence-electron chi connectivity index (χ1n) is 6.58. The third-order valence-electron chi connectivity index (χ3n) is 3.50. The van der Waals surface area contributed by atoms with Gasteiger partial charge in [-0.15, -0.1) is 0 Å². The second kappa shape index (κ2) is 4.53. The summed E-state index contributed by atoms with van der Waals surface area (Å²) in [5.74, 6) is 0.633. The normalized spacial score (nSPS) is 13.6. The number of rotatable bonds is 3. The molecule has 1 N–H and O–H groups in total. The van der Waals surface area contributed by atoms with E-state index in [1.54, 1.807) is 15.4 Å². The topological polar surface area (TPSA) is 64.7 Å². The molecule has 0 spiro atoms. The standard InChI is InChI=1S/C13H17N5O/c1-3-18-8-7-11(16-18)13(19)14-12-9-5-4-6-10(9)15-17(12)2/h7-8H,3-6H2,1-2H3,(H,14,19). The minimum Gasteiger partial charge on any atom is -0.305 e. The Morgan fingerprint density at radius 2 is 2.26 bits per heavy atom. The molecule has 3 rings (SSSR count). The van der Waals surface area contributed by atoms with Gasteiger partial charge in [-0.3, -0.25) is 14.2 Å². The Kier molecular flexibility index (Phi) is 2.85. The predicted octanol–water partition coefficient (Wildman–Crippen LogP) is 1.38. The van der Waals surface area contributed by atoms with Crippen molar-refractivity contribution < 1.29 is 4.79 Å². The van der Waals surface area contributed by atoms with Gasteiger partial charge < -0.3 is 5.32 Å². The summed E-state index contributed by atoms with van der Waals surface area (Å²) in [4.78, 5) is 12.2. The molecule has 2 heterocycles. The number of nitrogens with zero attached hydrogens (tertiary/aromatic N) is 4. The highest BCUT2D eigenvalue weighted by molar-refractivity contribution is 6.02. The zero-order valence-corrected chi connectivity index (χ0v) is 11.2. The number of hydrogen-bond acceptors (Lipinski definition) is 3. The largest absolute Gasteiger partial charge is 0.305 e. The molecule has 1 aliphatic rings. The summed E-state index contributed by atoms with van der Waals surface area (Å²) in [6.07, 6.45) is 4.92. The monoisotopic (exact) mass is 259 g/mol. The molecule has 0 fully saturated rings. The zero-order valence-electron chi connectivity index (χ0n) is 11.2. The number of nitrogens with one attached hydrogen (secondary N) is 1. The van der Waals surface area contributed by atoms with E-state index >= 15 is 0 Å². The van der Waals surface area contributed by atoms with Crippen molar-refractivity contribution in [1.29, 1.82) is 0 Å². The smallest absolute Gasteiger partial charge is 0.277 e. The van der Waals surface area contributed by atoms with Crippen molar-refractivity contribution in [2.24, 2.45) is 7.05 Å². The maximum atomic E-state index is 12.2. The number of anilines is 1. The van der Waals surface area contributed by atoms with Crippen molar-refractivity contribution in [1.82, 2.24) is 19.6 Å². The Morgan fingerprint density at radius 1 is 1.42 bits per heavy atom. The number of hydrogen-bond donors (Lipinski definition) is 1. The van der Waals surface area contributed by atoms with Gasteiger partial charge in [-0.1, -0.05) is 0 Å². The SMILES string of the molecule is CCn1ccc(C(=O)Nc2c3c(nn2C)CCC3)n1. The summed E-state index contributed by atoms with van der Waals surface area (Å²) in [7, 11) is 1.86. The second-order valence-corrected chi connectivity index (χ2v) is 4.76. The summed E-state index contributed by atoms with van der Waals surface area (Å²) in [5.41, 5.74) is 2.72. The van der Waals surface area contributed by atoms with Gasteiger partial charge in [0.15, 0.2) is 5.69 Å². The lowest BCUT2D eigenvalue weighted by molar-refractivity contribution is 0.102. The second-order valence-electron chi connectivity index (χ2n) is 4.76. The van der Waals surface area contributed by atoms with Crippen molar-refractivity contribution in [3.05, 3.63) is 29.2 Å².